The van der Waals surface area contributed by atoms with Gasteiger partial charge in [0, 0.05) is 22.6 Å². The van der Waals surface area contributed by atoms with Crippen molar-refractivity contribution in [3.63, 3.8) is 0 Å². The van der Waals surface area contributed by atoms with Crippen LogP contribution in [0.1, 0.15) is 67.5 Å². The fourth-order valence-corrected chi connectivity index (χ4v) is 5.63. The van der Waals surface area contributed by atoms with Crippen molar-refractivity contribution in [2.24, 2.45) is 0 Å². The first-order valence-corrected chi connectivity index (χ1v) is 10.9. The Morgan fingerprint density at radius 2 is 1.55 bits per heavy atom. The minimum Gasteiger partial charge on any atom is -0.226 e. The summed E-state index contributed by atoms with van der Waals surface area (Å²) in [5, 5.41) is 0. The summed E-state index contributed by atoms with van der Waals surface area (Å²) in [7, 11) is 0. The first kappa shape index (κ1) is 19.8. The zero-order chi connectivity index (χ0) is 20.9. The van der Waals surface area contributed by atoms with Crippen LogP contribution in [0, 0.1) is 27.7 Å². The highest BCUT2D eigenvalue weighted by Crippen LogP contribution is 2.48. The molecule has 4 rings (SSSR count). The maximum atomic E-state index is 4.92. The molecule has 0 fully saturated rings. The highest BCUT2D eigenvalue weighted by Gasteiger charge is 2.45. The second kappa shape index (κ2) is 7.09. The molecular formula is C27H33N2+. The van der Waals surface area contributed by atoms with Crippen molar-refractivity contribution in [1.82, 2.24) is 4.98 Å². The molecular weight excluding hydrogens is 352 g/mol. The van der Waals surface area contributed by atoms with E-state index in [9.17, 15) is 0 Å². The lowest BCUT2D eigenvalue weighted by atomic mass is 9.66. The van der Waals surface area contributed by atoms with Crippen molar-refractivity contribution in [2.75, 3.05) is 0 Å². The second-order valence-corrected chi connectivity index (χ2v) is 9.14. The predicted octanol–water partition coefficient (Wildman–Crippen LogP) is 6.57. The molecule has 0 aliphatic carbocycles. The summed E-state index contributed by atoms with van der Waals surface area (Å²) in [6.45, 7) is 15.9. The van der Waals surface area contributed by atoms with E-state index in [2.05, 4.69) is 95.8 Å². The molecule has 0 saturated carbocycles. The van der Waals surface area contributed by atoms with Gasteiger partial charge >= 0.3 is 0 Å². The van der Waals surface area contributed by atoms with Crippen LogP contribution >= 0.6 is 0 Å². The van der Waals surface area contributed by atoms with Crippen molar-refractivity contribution in [3.05, 3.63) is 70.5 Å². The highest BCUT2D eigenvalue weighted by molar-refractivity contribution is 5.72. The van der Waals surface area contributed by atoms with Crippen LogP contribution in [0.5, 0.6) is 0 Å². The van der Waals surface area contributed by atoms with E-state index >= 15 is 0 Å². The second-order valence-electron chi connectivity index (χ2n) is 9.14. The highest BCUT2D eigenvalue weighted by atomic mass is 15.1. The van der Waals surface area contributed by atoms with Gasteiger partial charge in [0.25, 0.3) is 6.33 Å². The van der Waals surface area contributed by atoms with E-state index in [4.69, 9.17) is 4.98 Å². The summed E-state index contributed by atoms with van der Waals surface area (Å²) >= 11 is 0. The Morgan fingerprint density at radius 3 is 2.17 bits per heavy atom. The third-order valence-electron chi connectivity index (χ3n) is 6.91. The predicted molar refractivity (Wildman–Crippen MR) is 121 cm³/mol. The van der Waals surface area contributed by atoms with Gasteiger partial charge in [0.05, 0.1) is 0 Å². The molecule has 0 bridgehead atoms. The Balaban J connectivity index is 2.02. The Morgan fingerprint density at radius 1 is 0.897 bits per heavy atom. The molecule has 1 aliphatic rings. The summed E-state index contributed by atoms with van der Waals surface area (Å²) in [5.74, 6) is 0. The van der Waals surface area contributed by atoms with Gasteiger partial charge in [0.1, 0.15) is 11.7 Å². The third-order valence-corrected chi connectivity index (χ3v) is 6.91. The van der Waals surface area contributed by atoms with Gasteiger partial charge in [-0.2, -0.15) is 0 Å². The van der Waals surface area contributed by atoms with Gasteiger partial charge in [-0.3, -0.25) is 0 Å². The summed E-state index contributed by atoms with van der Waals surface area (Å²) in [6, 6.07) is 14.1. The standard InChI is InChI=1S/C27H33N2/c1-8-25-27(7,9-2)26-20(6)11-19(5)14-22(26)24-15-23(28-16-29(24)25)21-12-17(3)10-18(4)13-21/h10-16,25H,8-9H2,1-7H3/q+1. The van der Waals surface area contributed by atoms with E-state index in [1.807, 2.05) is 0 Å². The van der Waals surface area contributed by atoms with E-state index in [0.717, 1.165) is 18.5 Å². The number of aryl methyl sites for hydroxylation is 4. The number of hydrogen-bond acceptors (Lipinski definition) is 1. The molecule has 2 heterocycles. The SMILES string of the molecule is CCC1[n+]2cnc(-c3cc(C)cc(C)c3)cc2-c2cc(C)cc(C)c2C1(C)CC. The zero-order valence-electron chi connectivity index (χ0n) is 18.9. The Labute approximate surface area is 175 Å². The van der Waals surface area contributed by atoms with Crippen LogP contribution in [-0.2, 0) is 5.41 Å². The minimum atomic E-state index is 0.114. The Kier molecular flexibility index (Phi) is 4.85. The van der Waals surface area contributed by atoms with Gasteiger partial charge in [-0.15, -0.1) is 0 Å². The van der Waals surface area contributed by atoms with Gasteiger partial charge in [-0.25, -0.2) is 4.57 Å². The number of rotatable bonds is 3. The van der Waals surface area contributed by atoms with E-state index in [1.165, 1.54) is 44.6 Å². The number of benzene rings is 2. The average molecular weight is 386 g/mol. The molecule has 0 spiro atoms. The maximum Gasteiger partial charge on any atom is 0.287 e. The topological polar surface area (TPSA) is 16.8 Å². The summed E-state index contributed by atoms with van der Waals surface area (Å²) in [5.41, 5.74) is 11.9. The zero-order valence-corrected chi connectivity index (χ0v) is 18.9. The molecule has 2 unspecified atom stereocenters. The van der Waals surface area contributed by atoms with E-state index in [-0.39, 0.29) is 5.41 Å². The minimum absolute atomic E-state index is 0.114. The molecule has 2 nitrogen and oxygen atoms in total. The molecule has 29 heavy (non-hydrogen) atoms. The Hall–Kier alpha value is -2.48. The number of aromatic nitrogens is 2. The molecule has 0 amide bonds. The van der Waals surface area contributed by atoms with Crippen molar-refractivity contribution in [3.8, 4) is 22.5 Å². The molecule has 2 aromatic carbocycles. The number of nitrogens with zero attached hydrogens (tertiary/aromatic N) is 2. The van der Waals surface area contributed by atoms with Gasteiger partial charge in [0.15, 0.2) is 5.69 Å². The molecule has 0 saturated heterocycles. The van der Waals surface area contributed by atoms with Crippen LogP contribution in [0.15, 0.2) is 42.7 Å². The van der Waals surface area contributed by atoms with E-state index < -0.39 is 0 Å². The molecule has 1 aliphatic heterocycles. The summed E-state index contributed by atoms with van der Waals surface area (Å²) in [6.07, 6.45) is 4.30. The van der Waals surface area contributed by atoms with Crippen molar-refractivity contribution in [2.45, 2.75) is 72.8 Å². The number of hydrogen-bond donors (Lipinski definition) is 0. The van der Waals surface area contributed by atoms with Crippen LogP contribution in [-0.4, -0.2) is 4.98 Å². The molecule has 2 atom stereocenters. The smallest absolute Gasteiger partial charge is 0.226 e. The van der Waals surface area contributed by atoms with Crippen molar-refractivity contribution in [1.29, 1.82) is 0 Å². The van der Waals surface area contributed by atoms with Gasteiger partial charge in [-0.1, -0.05) is 49.6 Å². The van der Waals surface area contributed by atoms with Crippen LogP contribution in [0.25, 0.3) is 22.5 Å². The monoisotopic (exact) mass is 385 g/mol. The molecule has 2 heteroatoms. The maximum absolute atomic E-state index is 4.92. The lowest BCUT2D eigenvalue weighted by Crippen LogP contribution is -2.55. The van der Waals surface area contributed by atoms with Crippen molar-refractivity contribution < 1.29 is 4.57 Å². The largest absolute Gasteiger partial charge is 0.287 e. The lowest BCUT2D eigenvalue weighted by Gasteiger charge is -2.42. The third kappa shape index (κ3) is 3.10. The van der Waals surface area contributed by atoms with Gasteiger partial charge in [-0.05, 0) is 74.8 Å². The quantitative estimate of drug-likeness (QED) is 0.466. The van der Waals surface area contributed by atoms with Crippen LogP contribution in [0.3, 0.4) is 0 Å². The molecule has 0 radical (unpaired) electrons. The fourth-order valence-electron chi connectivity index (χ4n) is 5.63. The van der Waals surface area contributed by atoms with Crippen molar-refractivity contribution >= 4 is 0 Å². The van der Waals surface area contributed by atoms with Crippen LogP contribution in [0.2, 0.25) is 0 Å². The lowest BCUT2D eigenvalue weighted by molar-refractivity contribution is -0.727. The normalized spacial score (nSPS) is 20.3. The summed E-state index contributed by atoms with van der Waals surface area (Å²) < 4.78 is 2.44. The molecule has 0 N–H and O–H groups in total. The first-order valence-electron chi connectivity index (χ1n) is 10.9. The Bertz CT molecular complexity index is 1080. The first-order chi connectivity index (χ1) is 13.8. The summed E-state index contributed by atoms with van der Waals surface area (Å²) in [4.78, 5) is 4.92. The molecule has 3 aromatic rings. The van der Waals surface area contributed by atoms with E-state index in [0.29, 0.717) is 6.04 Å². The molecule has 150 valence electrons. The van der Waals surface area contributed by atoms with Gasteiger partial charge < -0.3 is 0 Å². The molecule has 1 aromatic heterocycles. The van der Waals surface area contributed by atoms with Crippen LogP contribution in [0.4, 0.5) is 0 Å². The fraction of sp³-hybridized carbons (Fsp3) is 0.407. The van der Waals surface area contributed by atoms with Gasteiger partial charge in [0.2, 0.25) is 0 Å². The number of fused-ring (bicyclic) bond motifs is 3. The average Bonchev–Trinajstić information content (AvgIpc) is 2.66. The van der Waals surface area contributed by atoms with E-state index in [1.54, 1.807) is 0 Å². The van der Waals surface area contributed by atoms with Crippen LogP contribution < -0.4 is 4.57 Å².